The second kappa shape index (κ2) is 5.48. The van der Waals surface area contributed by atoms with Crippen molar-refractivity contribution >= 4 is 0 Å². The number of piperazine rings is 1. The third-order valence-electron chi connectivity index (χ3n) is 4.50. The first kappa shape index (κ1) is 12.3. The second-order valence-corrected chi connectivity index (χ2v) is 5.37. The second-order valence-electron chi connectivity index (χ2n) is 5.37. The lowest BCUT2D eigenvalue weighted by Crippen LogP contribution is -2.56. The zero-order chi connectivity index (χ0) is 11.5. The van der Waals surface area contributed by atoms with Crippen LogP contribution < -0.4 is 5.32 Å². The van der Waals surface area contributed by atoms with Crippen LogP contribution in [0.4, 0.5) is 0 Å². The molecule has 0 aliphatic carbocycles. The SMILES string of the molecule is CCC1CNCC1N1CCN(CC)C(C)C1. The van der Waals surface area contributed by atoms with E-state index in [0.29, 0.717) is 0 Å². The van der Waals surface area contributed by atoms with Crippen molar-refractivity contribution in [3.05, 3.63) is 0 Å². The van der Waals surface area contributed by atoms with Crippen LogP contribution in [0.2, 0.25) is 0 Å². The molecule has 0 amide bonds. The molecule has 0 saturated carbocycles. The zero-order valence-corrected chi connectivity index (χ0v) is 11.1. The molecular weight excluding hydrogens is 198 g/mol. The number of hydrogen-bond acceptors (Lipinski definition) is 3. The van der Waals surface area contributed by atoms with E-state index in [4.69, 9.17) is 0 Å². The average molecular weight is 225 g/mol. The Morgan fingerprint density at radius 3 is 2.62 bits per heavy atom. The largest absolute Gasteiger partial charge is 0.315 e. The van der Waals surface area contributed by atoms with E-state index in [-0.39, 0.29) is 0 Å². The minimum absolute atomic E-state index is 0.733. The van der Waals surface area contributed by atoms with E-state index < -0.39 is 0 Å². The molecule has 2 aliphatic rings. The van der Waals surface area contributed by atoms with E-state index in [1.807, 2.05) is 0 Å². The molecule has 1 N–H and O–H groups in total. The summed E-state index contributed by atoms with van der Waals surface area (Å²) in [6.45, 7) is 14.4. The Labute approximate surface area is 100 Å². The Morgan fingerprint density at radius 1 is 1.19 bits per heavy atom. The fourth-order valence-corrected chi connectivity index (χ4v) is 3.36. The average Bonchev–Trinajstić information content (AvgIpc) is 2.77. The summed E-state index contributed by atoms with van der Waals surface area (Å²) in [5.74, 6) is 0.875. The van der Waals surface area contributed by atoms with Gasteiger partial charge in [-0.25, -0.2) is 0 Å². The van der Waals surface area contributed by atoms with Crippen LogP contribution in [0, 0.1) is 5.92 Å². The van der Waals surface area contributed by atoms with Crippen LogP contribution in [0.3, 0.4) is 0 Å². The Kier molecular flexibility index (Phi) is 4.22. The van der Waals surface area contributed by atoms with Gasteiger partial charge >= 0.3 is 0 Å². The topological polar surface area (TPSA) is 18.5 Å². The molecule has 0 bridgehead atoms. The number of nitrogens with zero attached hydrogens (tertiary/aromatic N) is 2. The first-order valence-corrected chi connectivity index (χ1v) is 6.95. The van der Waals surface area contributed by atoms with Crippen molar-refractivity contribution in [1.29, 1.82) is 0 Å². The molecule has 2 aliphatic heterocycles. The minimum Gasteiger partial charge on any atom is -0.315 e. The summed E-state index contributed by atoms with van der Waals surface area (Å²) in [5, 5.41) is 3.56. The molecule has 0 aromatic heterocycles. The molecule has 94 valence electrons. The maximum atomic E-state index is 3.56. The number of hydrogen-bond donors (Lipinski definition) is 1. The Balaban J connectivity index is 1.91. The molecule has 2 fully saturated rings. The van der Waals surface area contributed by atoms with Gasteiger partial charge in [0, 0.05) is 38.3 Å². The van der Waals surface area contributed by atoms with Gasteiger partial charge in [0.1, 0.15) is 0 Å². The highest BCUT2D eigenvalue weighted by atomic mass is 15.3. The van der Waals surface area contributed by atoms with Gasteiger partial charge in [-0.05, 0) is 25.9 Å². The fourth-order valence-electron chi connectivity index (χ4n) is 3.36. The quantitative estimate of drug-likeness (QED) is 0.773. The maximum absolute atomic E-state index is 3.56. The van der Waals surface area contributed by atoms with Gasteiger partial charge in [0.05, 0.1) is 0 Å². The highest BCUT2D eigenvalue weighted by molar-refractivity contribution is 4.91. The number of nitrogens with one attached hydrogen (secondary N) is 1. The Morgan fingerprint density at radius 2 is 2.00 bits per heavy atom. The van der Waals surface area contributed by atoms with Crippen LogP contribution in [-0.4, -0.2) is 61.2 Å². The monoisotopic (exact) mass is 225 g/mol. The molecule has 0 aromatic rings. The summed E-state index contributed by atoms with van der Waals surface area (Å²) in [4.78, 5) is 5.32. The molecule has 0 spiro atoms. The van der Waals surface area contributed by atoms with E-state index in [1.54, 1.807) is 0 Å². The molecule has 16 heavy (non-hydrogen) atoms. The Hall–Kier alpha value is -0.120. The molecule has 3 nitrogen and oxygen atoms in total. The van der Waals surface area contributed by atoms with Gasteiger partial charge in [0.15, 0.2) is 0 Å². The van der Waals surface area contributed by atoms with E-state index >= 15 is 0 Å². The van der Waals surface area contributed by atoms with Crippen molar-refractivity contribution in [3.8, 4) is 0 Å². The lowest BCUT2D eigenvalue weighted by Gasteiger charge is -2.43. The minimum atomic E-state index is 0.733. The Bertz CT molecular complexity index is 219. The summed E-state index contributed by atoms with van der Waals surface area (Å²) >= 11 is 0. The van der Waals surface area contributed by atoms with Crippen LogP contribution in [0.1, 0.15) is 27.2 Å². The predicted octanol–water partition coefficient (Wildman–Crippen LogP) is 1.01. The summed E-state index contributed by atoms with van der Waals surface area (Å²) < 4.78 is 0. The van der Waals surface area contributed by atoms with Gasteiger partial charge in [-0.3, -0.25) is 9.80 Å². The van der Waals surface area contributed by atoms with E-state index in [2.05, 4.69) is 35.9 Å². The normalized spacial score (nSPS) is 38.1. The summed E-state index contributed by atoms with van der Waals surface area (Å²) in [5.41, 5.74) is 0. The van der Waals surface area contributed by atoms with Crippen molar-refractivity contribution in [1.82, 2.24) is 15.1 Å². The molecule has 2 saturated heterocycles. The summed E-state index contributed by atoms with van der Waals surface area (Å²) in [7, 11) is 0. The zero-order valence-electron chi connectivity index (χ0n) is 11.1. The van der Waals surface area contributed by atoms with Crippen molar-refractivity contribution in [2.45, 2.75) is 39.3 Å². The lowest BCUT2D eigenvalue weighted by atomic mass is 9.98. The van der Waals surface area contributed by atoms with E-state index in [1.165, 1.54) is 45.7 Å². The highest BCUT2D eigenvalue weighted by Gasteiger charge is 2.34. The van der Waals surface area contributed by atoms with Gasteiger partial charge in [-0.1, -0.05) is 20.3 Å². The number of rotatable bonds is 3. The van der Waals surface area contributed by atoms with Crippen molar-refractivity contribution in [2.24, 2.45) is 5.92 Å². The van der Waals surface area contributed by atoms with Gasteiger partial charge in [-0.2, -0.15) is 0 Å². The molecule has 0 aromatic carbocycles. The van der Waals surface area contributed by atoms with Gasteiger partial charge in [0.2, 0.25) is 0 Å². The van der Waals surface area contributed by atoms with Crippen molar-refractivity contribution in [2.75, 3.05) is 39.3 Å². The van der Waals surface area contributed by atoms with Crippen LogP contribution in [0.15, 0.2) is 0 Å². The van der Waals surface area contributed by atoms with Crippen molar-refractivity contribution in [3.63, 3.8) is 0 Å². The molecule has 2 heterocycles. The van der Waals surface area contributed by atoms with Crippen LogP contribution in [0.5, 0.6) is 0 Å². The smallest absolute Gasteiger partial charge is 0.0262 e. The highest BCUT2D eigenvalue weighted by Crippen LogP contribution is 2.22. The lowest BCUT2D eigenvalue weighted by molar-refractivity contribution is 0.0507. The summed E-state index contributed by atoms with van der Waals surface area (Å²) in [6, 6.07) is 1.53. The van der Waals surface area contributed by atoms with Gasteiger partial charge in [-0.15, -0.1) is 0 Å². The molecular formula is C13H27N3. The van der Waals surface area contributed by atoms with E-state index in [0.717, 1.165) is 18.0 Å². The van der Waals surface area contributed by atoms with Gasteiger partial charge in [0.25, 0.3) is 0 Å². The van der Waals surface area contributed by atoms with Crippen molar-refractivity contribution < 1.29 is 0 Å². The molecule has 3 heteroatoms. The molecule has 0 radical (unpaired) electrons. The molecule has 3 unspecified atom stereocenters. The fraction of sp³-hybridized carbons (Fsp3) is 1.00. The third-order valence-corrected chi connectivity index (χ3v) is 4.50. The van der Waals surface area contributed by atoms with E-state index in [9.17, 15) is 0 Å². The van der Waals surface area contributed by atoms with Crippen LogP contribution in [0.25, 0.3) is 0 Å². The third kappa shape index (κ3) is 2.41. The van der Waals surface area contributed by atoms with Crippen LogP contribution >= 0.6 is 0 Å². The molecule has 3 atom stereocenters. The summed E-state index contributed by atoms with van der Waals surface area (Å²) in [6.07, 6.45) is 1.32. The van der Waals surface area contributed by atoms with Crippen LogP contribution in [-0.2, 0) is 0 Å². The first-order chi connectivity index (χ1) is 7.76. The van der Waals surface area contributed by atoms with Gasteiger partial charge < -0.3 is 5.32 Å². The first-order valence-electron chi connectivity index (χ1n) is 6.95. The number of likely N-dealkylation sites (N-methyl/N-ethyl adjacent to an activating group) is 1. The predicted molar refractivity (Wildman–Crippen MR) is 68.7 cm³/mol. The molecule has 2 rings (SSSR count). The standard InChI is InChI=1S/C13H27N3/c1-4-12-8-14-9-13(12)16-7-6-15(5-2)11(3)10-16/h11-14H,4-10H2,1-3H3. The maximum Gasteiger partial charge on any atom is 0.0262 e.